The largest absolute Gasteiger partial charge is 0.508 e. The molecule has 1 N–H and O–H groups in total. The highest BCUT2D eigenvalue weighted by molar-refractivity contribution is 7.92. The third kappa shape index (κ3) is 5.74. The van der Waals surface area contributed by atoms with E-state index in [4.69, 9.17) is 34.8 Å². The van der Waals surface area contributed by atoms with Crippen LogP contribution in [0.25, 0.3) is 10.9 Å². The first-order valence-electron chi connectivity index (χ1n) is 11.8. The van der Waals surface area contributed by atoms with E-state index in [0.717, 1.165) is 13.1 Å². The van der Waals surface area contributed by atoms with Gasteiger partial charge in [0, 0.05) is 33.2 Å². The summed E-state index contributed by atoms with van der Waals surface area (Å²) < 4.78 is 28.7. The summed E-state index contributed by atoms with van der Waals surface area (Å²) >= 11 is 18.7. The second kappa shape index (κ2) is 11.2. The van der Waals surface area contributed by atoms with Crippen molar-refractivity contribution in [3.63, 3.8) is 0 Å². The first kappa shape index (κ1) is 27.7. The number of benzene rings is 3. The lowest BCUT2D eigenvalue weighted by Crippen LogP contribution is -2.22. The fraction of sp³-hybridized carbons (Fsp3) is 0.250. The molecule has 0 amide bonds. The molecule has 0 saturated carbocycles. The second-order valence-corrected chi connectivity index (χ2v) is 12.1. The number of hydrogen-bond donors (Lipinski definition) is 1. The van der Waals surface area contributed by atoms with E-state index in [-0.39, 0.29) is 15.7 Å². The van der Waals surface area contributed by atoms with Crippen LogP contribution >= 0.6 is 34.8 Å². The van der Waals surface area contributed by atoms with Gasteiger partial charge in [-0.05, 0) is 79.7 Å². The van der Waals surface area contributed by atoms with Crippen LogP contribution in [0.5, 0.6) is 5.75 Å². The molecule has 1 unspecified atom stereocenters. The fourth-order valence-electron chi connectivity index (χ4n) is 4.53. The minimum atomic E-state index is -4.09. The van der Waals surface area contributed by atoms with Crippen LogP contribution in [0.4, 0.5) is 0 Å². The molecule has 0 saturated heterocycles. The molecule has 0 aliphatic carbocycles. The van der Waals surface area contributed by atoms with Gasteiger partial charge in [0.25, 0.3) is 0 Å². The summed E-state index contributed by atoms with van der Waals surface area (Å²) in [7, 11) is -4.09. The Morgan fingerprint density at radius 3 is 2.27 bits per heavy atom. The molecular weight excluding hydrogens is 551 g/mol. The molecule has 9 heteroatoms. The third-order valence-electron chi connectivity index (χ3n) is 6.42. The minimum Gasteiger partial charge on any atom is -0.508 e. The van der Waals surface area contributed by atoms with Crippen molar-refractivity contribution in [2.75, 3.05) is 13.1 Å². The summed E-state index contributed by atoms with van der Waals surface area (Å²) in [5.74, 6) is 0.110. The Morgan fingerprint density at radius 1 is 0.919 bits per heavy atom. The molecule has 0 radical (unpaired) electrons. The summed E-state index contributed by atoms with van der Waals surface area (Å²) in [5.41, 5.74) is 2.93. The van der Waals surface area contributed by atoms with E-state index in [1.165, 1.54) is 18.2 Å². The Morgan fingerprint density at radius 2 is 1.59 bits per heavy atom. The van der Waals surface area contributed by atoms with Crippen molar-refractivity contribution in [1.82, 2.24) is 9.88 Å². The number of aromatic nitrogens is 1. The van der Waals surface area contributed by atoms with Crippen molar-refractivity contribution < 1.29 is 13.5 Å². The Balaban J connectivity index is 2.02. The Bertz CT molecular complexity index is 1570. The van der Waals surface area contributed by atoms with Crippen LogP contribution in [-0.2, 0) is 16.4 Å². The average Bonchev–Trinajstić information content (AvgIpc) is 2.83. The number of rotatable bonds is 8. The van der Waals surface area contributed by atoms with Crippen LogP contribution in [0, 0.1) is 6.92 Å². The van der Waals surface area contributed by atoms with Gasteiger partial charge in [-0.3, -0.25) is 9.88 Å². The van der Waals surface area contributed by atoms with Gasteiger partial charge >= 0.3 is 0 Å². The number of halogens is 3. The third-order valence-corrected chi connectivity index (χ3v) is 9.43. The van der Waals surface area contributed by atoms with E-state index >= 15 is 0 Å². The van der Waals surface area contributed by atoms with Gasteiger partial charge in [0.15, 0.2) is 9.84 Å². The summed E-state index contributed by atoms with van der Waals surface area (Å²) in [4.78, 5) is 6.70. The maximum Gasteiger partial charge on any atom is 0.191 e. The Hall–Kier alpha value is -2.35. The van der Waals surface area contributed by atoms with Gasteiger partial charge in [-0.1, -0.05) is 60.8 Å². The summed E-state index contributed by atoms with van der Waals surface area (Å²) in [5, 5.41) is 11.0. The van der Waals surface area contributed by atoms with Crippen LogP contribution in [0.15, 0.2) is 65.6 Å². The predicted octanol–water partition coefficient (Wildman–Crippen LogP) is 7.61. The van der Waals surface area contributed by atoms with E-state index in [1.807, 2.05) is 20.8 Å². The number of fused-ring (bicyclic) bond motifs is 1. The number of phenols is 1. The van der Waals surface area contributed by atoms with Crippen molar-refractivity contribution in [3.05, 3.63) is 98.1 Å². The number of aryl methyl sites for hydroxylation is 1. The number of sulfone groups is 1. The van der Waals surface area contributed by atoms with Gasteiger partial charge in [-0.25, -0.2) is 8.42 Å². The van der Waals surface area contributed by atoms with Crippen LogP contribution in [-0.4, -0.2) is 36.5 Å². The first-order chi connectivity index (χ1) is 17.5. The molecule has 4 aromatic rings. The van der Waals surface area contributed by atoms with Crippen molar-refractivity contribution >= 4 is 55.5 Å². The van der Waals surface area contributed by atoms with Gasteiger partial charge in [-0.15, -0.1) is 0 Å². The zero-order valence-electron chi connectivity index (χ0n) is 20.7. The summed E-state index contributed by atoms with van der Waals surface area (Å²) in [6, 6.07) is 16.3. The van der Waals surface area contributed by atoms with Crippen LogP contribution in [0.2, 0.25) is 15.1 Å². The highest BCUT2D eigenvalue weighted by atomic mass is 35.5. The molecular formula is C28H27Cl3N2O3S. The molecule has 4 rings (SSSR count). The first-order valence-corrected chi connectivity index (χ1v) is 14.5. The molecule has 194 valence electrons. The highest BCUT2D eigenvalue weighted by Crippen LogP contribution is 2.42. The monoisotopic (exact) mass is 576 g/mol. The summed E-state index contributed by atoms with van der Waals surface area (Å²) in [6.07, 6.45) is 0. The minimum absolute atomic E-state index is 0.0292. The molecule has 1 atom stereocenters. The molecule has 3 aromatic carbocycles. The topological polar surface area (TPSA) is 70.5 Å². The van der Waals surface area contributed by atoms with Crippen molar-refractivity contribution in [3.8, 4) is 5.75 Å². The molecule has 0 aliphatic heterocycles. The van der Waals surface area contributed by atoms with Crippen molar-refractivity contribution in [2.45, 2.75) is 37.5 Å². The zero-order valence-corrected chi connectivity index (χ0v) is 23.8. The van der Waals surface area contributed by atoms with Gasteiger partial charge in [0.05, 0.1) is 15.4 Å². The van der Waals surface area contributed by atoms with Gasteiger partial charge < -0.3 is 5.11 Å². The Labute approximate surface area is 232 Å². The Kier molecular flexibility index (Phi) is 8.36. The van der Waals surface area contributed by atoms with Crippen LogP contribution in [0.3, 0.4) is 0 Å². The number of phenolic OH excluding ortho intramolecular Hbond substituents is 1. The van der Waals surface area contributed by atoms with Crippen molar-refractivity contribution in [1.29, 1.82) is 0 Å². The number of nitrogens with zero attached hydrogens (tertiary/aromatic N) is 2. The number of pyridine rings is 1. The van der Waals surface area contributed by atoms with Crippen LogP contribution < -0.4 is 0 Å². The zero-order chi connectivity index (χ0) is 26.9. The molecule has 1 heterocycles. The van der Waals surface area contributed by atoms with Gasteiger partial charge in [0.1, 0.15) is 11.0 Å². The molecule has 37 heavy (non-hydrogen) atoms. The molecule has 5 nitrogen and oxygen atoms in total. The lowest BCUT2D eigenvalue weighted by Gasteiger charge is -2.24. The average molecular weight is 578 g/mol. The van der Waals surface area contributed by atoms with E-state index in [1.54, 1.807) is 42.5 Å². The fourth-order valence-corrected chi connectivity index (χ4v) is 7.30. The summed E-state index contributed by atoms with van der Waals surface area (Å²) in [6.45, 7) is 7.95. The highest BCUT2D eigenvalue weighted by Gasteiger charge is 2.34. The van der Waals surface area contributed by atoms with Gasteiger partial charge in [0.2, 0.25) is 0 Å². The van der Waals surface area contributed by atoms with Crippen LogP contribution in [0.1, 0.15) is 41.5 Å². The molecule has 0 fully saturated rings. The standard InChI is InChI=1S/C28H27Cl3N2O3S/c1-4-33(5-2)16-19-13-18(6-10-26(19)34)28(37(35,36)27-11-8-20(29)14-24(27)31)23-12-17(3)32-25-15-21(30)7-9-22(23)25/h6-15,28,34H,4-5,16H2,1-3H3. The SMILES string of the molecule is CCN(CC)Cc1cc(C(c2cc(C)nc3cc(Cl)ccc23)S(=O)(=O)c2ccc(Cl)cc2Cl)ccc1O. The maximum absolute atomic E-state index is 14.4. The van der Waals surface area contributed by atoms with Crippen molar-refractivity contribution in [2.24, 2.45) is 0 Å². The van der Waals surface area contributed by atoms with E-state index < -0.39 is 15.1 Å². The quantitative estimate of drug-likeness (QED) is 0.233. The molecule has 0 spiro atoms. The molecule has 1 aromatic heterocycles. The van der Waals surface area contributed by atoms with E-state index in [9.17, 15) is 13.5 Å². The van der Waals surface area contributed by atoms with E-state index in [2.05, 4.69) is 9.88 Å². The number of aromatic hydroxyl groups is 1. The lowest BCUT2D eigenvalue weighted by atomic mass is 9.97. The van der Waals surface area contributed by atoms with Gasteiger partial charge in [-0.2, -0.15) is 0 Å². The molecule has 0 bridgehead atoms. The smallest absolute Gasteiger partial charge is 0.191 e. The van der Waals surface area contributed by atoms with E-state index in [0.29, 0.717) is 49.9 Å². The second-order valence-electron chi connectivity index (χ2n) is 8.86. The maximum atomic E-state index is 14.4. The number of hydrogen-bond acceptors (Lipinski definition) is 5. The normalized spacial score (nSPS) is 12.8. The predicted molar refractivity (Wildman–Crippen MR) is 152 cm³/mol. The molecule has 0 aliphatic rings. The lowest BCUT2D eigenvalue weighted by molar-refractivity contribution is 0.290.